The maximum Gasteiger partial charge on any atom is 0.0761 e. The first-order valence-corrected chi connectivity index (χ1v) is 7.86. The van der Waals surface area contributed by atoms with Crippen molar-refractivity contribution in [2.75, 3.05) is 0 Å². The van der Waals surface area contributed by atoms with E-state index in [0.29, 0.717) is 5.92 Å². The highest BCUT2D eigenvalue weighted by Crippen LogP contribution is 2.36. The van der Waals surface area contributed by atoms with Gasteiger partial charge in [-0.15, -0.1) is 0 Å². The first-order valence-electron chi connectivity index (χ1n) is 7.86. The molecule has 2 heteroatoms. The lowest BCUT2D eigenvalue weighted by Crippen LogP contribution is -2.33. The molecule has 1 saturated carbocycles. The van der Waals surface area contributed by atoms with Gasteiger partial charge in [-0.25, -0.2) is 0 Å². The zero-order valence-corrected chi connectivity index (χ0v) is 13.6. The molecule has 0 unspecified atom stereocenters. The van der Waals surface area contributed by atoms with Crippen LogP contribution in [0, 0.1) is 40.5 Å². The second kappa shape index (κ2) is 5.87. The number of hydrogen-bond acceptors (Lipinski definition) is 2. The van der Waals surface area contributed by atoms with Gasteiger partial charge in [-0.05, 0) is 86.8 Å². The smallest absolute Gasteiger partial charge is 0.0761 e. The molecule has 2 nitrogen and oxygen atoms in total. The van der Waals surface area contributed by atoms with Crippen molar-refractivity contribution in [1.29, 1.82) is 0 Å². The van der Waals surface area contributed by atoms with Crippen LogP contribution >= 0.6 is 0 Å². The van der Waals surface area contributed by atoms with Gasteiger partial charge in [0.1, 0.15) is 0 Å². The van der Waals surface area contributed by atoms with Crippen molar-refractivity contribution < 1.29 is 5.11 Å². The second-order valence-corrected chi connectivity index (χ2v) is 6.60. The molecule has 0 aliphatic heterocycles. The predicted molar refractivity (Wildman–Crippen MR) is 85.0 cm³/mol. The summed E-state index contributed by atoms with van der Waals surface area (Å²) in [6, 6.07) is -0.254. The molecule has 0 aromatic heterocycles. The van der Waals surface area contributed by atoms with E-state index in [1.165, 1.54) is 46.2 Å². The van der Waals surface area contributed by atoms with E-state index in [-0.39, 0.29) is 6.04 Å². The molecule has 20 heavy (non-hydrogen) atoms. The molecule has 2 atom stereocenters. The van der Waals surface area contributed by atoms with Gasteiger partial charge in [-0.1, -0.05) is 12.8 Å². The monoisotopic (exact) mass is 275 g/mol. The number of benzene rings is 1. The van der Waals surface area contributed by atoms with E-state index in [2.05, 4.69) is 34.6 Å². The Bertz CT molecular complexity index is 472. The topological polar surface area (TPSA) is 46.2 Å². The molecular formula is C18H29NO. The molecule has 0 bridgehead atoms. The number of aliphatic hydroxyl groups is 1. The summed E-state index contributed by atoms with van der Waals surface area (Å²) in [7, 11) is 0. The fourth-order valence-electron chi connectivity index (χ4n) is 3.79. The Hall–Kier alpha value is -0.860. The van der Waals surface area contributed by atoms with Crippen molar-refractivity contribution >= 4 is 0 Å². The minimum absolute atomic E-state index is 0.254. The third-order valence-electron chi connectivity index (χ3n) is 5.64. The molecule has 112 valence electrons. The van der Waals surface area contributed by atoms with Crippen LogP contribution in [-0.2, 0) is 0 Å². The van der Waals surface area contributed by atoms with E-state index in [0.717, 1.165) is 12.8 Å². The molecule has 1 aliphatic rings. The molecule has 3 N–H and O–H groups in total. The van der Waals surface area contributed by atoms with Crippen molar-refractivity contribution in [3.63, 3.8) is 0 Å². The molecular weight excluding hydrogens is 246 g/mol. The van der Waals surface area contributed by atoms with E-state index < -0.39 is 6.10 Å². The van der Waals surface area contributed by atoms with Crippen molar-refractivity contribution in [3.8, 4) is 0 Å². The fourth-order valence-corrected chi connectivity index (χ4v) is 3.79. The predicted octanol–water partition coefficient (Wildman–Crippen LogP) is 3.78. The van der Waals surface area contributed by atoms with Crippen LogP contribution in [-0.4, -0.2) is 11.2 Å². The second-order valence-electron chi connectivity index (χ2n) is 6.60. The minimum atomic E-state index is -0.406. The third-order valence-corrected chi connectivity index (χ3v) is 5.64. The van der Waals surface area contributed by atoms with E-state index in [4.69, 9.17) is 5.73 Å². The molecule has 1 fully saturated rings. The van der Waals surface area contributed by atoms with E-state index in [1.807, 2.05) is 0 Å². The van der Waals surface area contributed by atoms with Gasteiger partial charge in [0.25, 0.3) is 0 Å². The summed E-state index contributed by atoms with van der Waals surface area (Å²) < 4.78 is 0. The Labute approximate surface area is 123 Å². The van der Waals surface area contributed by atoms with Crippen molar-refractivity contribution in [2.45, 2.75) is 72.4 Å². The van der Waals surface area contributed by atoms with Gasteiger partial charge in [0.15, 0.2) is 0 Å². The highest BCUT2D eigenvalue weighted by atomic mass is 16.3. The van der Waals surface area contributed by atoms with Gasteiger partial charge in [0, 0.05) is 0 Å². The SMILES string of the molecule is Cc1c(C)c(C)c([C@H](N)[C@H](O)C2CCCC2)c(C)c1C. The van der Waals surface area contributed by atoms with Crippen LogP contribution in [0.3, 0.4) is 0 Å². The quantitative estimate of drug-likeness (QED) is 0.882. The van der Waals surface area contributed by atoms with Crippen molar-refractivity contribution in [3.05, 3.63) is 33.4 Å². The molecule has 1 aromatic rings. The first-order chi connectivity index (χ1) is 9.36. The molecule has 1 aliphatic carbocycles. The Kier molecular flexibility index (Phi) is 4.55. The molecule has 2 rings (SSSR count). The Morgan fingerprint density at radius 1 is 0.850 bits per heavy atom. The Balaban J connectivity index is 2.41. The normalized spacial score (nSPS) is 19.4. The Morgan fingerprint density at radius 3 is 1.70 bits per heavy atom. The van der Waals surface area contributed by atoms with Gasteiger partial charge in [0.05, 0.1) is 12.1 Å². The van der Waals surface area contributed by atoms with Crippen LogP contribution in [0.1, 0.15) is 65.1 Å². The van der Waals surface area contributed by atoms with Crippen LogP contribution in [0.2, 0.25) is 0 Å². The van der Waals surface area contributed by atoms with E-state index >= 15 is 0 Å². The van der Waals surface area contributed by atoms with Gasteiger partial charge in [0.2, 0.25) is 0 Å². The van der Waals surface area contributed by atoms with Gasteiger partial charge >= 0.3 is 0 Å². The summed E-state index contributed by atoms with van der Waals surface area (Å²) in [4.78, 5) is 0. The van der Waals surface area contributed by atoms with E-state index in [9.17, 15) is 5.11 Å². The summed E-state index contributed by atoms with van der Waals surface area (Å²) in [5.41, 5.74) is 14.1. The molecule has 0 amide bonds. The lowest BCUT2D eigenvalue weighted by atomic mass is 9.82. The zero-order chi connectivity index (χ0) is 15.0. The van der Waals surface area contributed by atoms with Crippen LogP contribution in [0.5, 0.6) is 0 Å². The highest BCUT2D eigenvalue weighted by molar-refractivity contribution is 5.50. The van der Waals surface area contributed by atoms with Crippen LogP contribution in [0.15, 0.2) is 0 Å². The average Bonchev–Trinajstić information content (AvgIpc) is 2.96. The van der Waals surface area contributed by atoms with Crippen LogP contribution < -0.4 is 5.73 Å². The van der Waals surface area contributed by atoms with Crippen molar-refractivity contribution in [2.24, 2.45) is 11.7 Å². The van der Waals surface area contributed by atoms with Gasteiger partial charge in [-0.2, -0.15) is 0 Å². The van der Waals surface area contributed by atoms with Crippen LogP contribution in [0.4, 0.5) is 0 Å². The van der Waals surface area contributed by atoms with Crippen molar-refractivity contribution in [1.82, 2.24) is 0 Å². The summed E-state index contributed by atoms with van der Waals surface area (Å²) in [6.07, 6.45) is 4.31. The lowest BCUT2D eigenvalue weighted by Gasteiger charge is -2.29. The molecule has 0 spiro atoms. The summed E-state index contributed by atoms with van der Waals surface area (Å²) in [5, 5.41) is 10.6. The van der Waals surface area contributed by atoms with Gasteiger partial charge < -0.3 is 10.8 Å². The van der Waals surface area contributed by atoms with Crippen LogP contribution in [0.25, 0.3) is 0 Å². The number of aliphatic hydroxyl groups excluding tert-OH is 1. The maximum absolute atomic E-state index is 10.6. The lowest BCUT2D eigenvalue weighted by molar-refractivity contribution is 0.0840. The largest absolute Gasteiger partial charge is 0.391 e. The number of rotatable bonds is 3. The highest BCUT2D eigenvalue weighted by Gasteiger charge is 2.31. The summed E-state index contributed by atoms with van der Waals surface area (Å²) in [5.74, 6) is 0.380. The number of nitrogens with two attached hydrogens (primary N) is 1. The zero-order valence-electron chi connectivity index (χ0n) is 13.6. The minimum Gasteiger partial charge on any atom is -0.391 e. The average molecular weight is 275 g/mol. The molecule has 0 saturated heterocycles. The van der Waals surface area contributed by atoms with Gasteiger partial charge in [-0.3, -0.25) is 0 Å². The fraction of sp³-hybridized carbons (Fsp3) is 0.667. The Morgan fingerprint density at radius 2 is 1.25 bits per heavy atom. The number of hydrogen-bond donors (Lipinski definition) is 2. The first kappa shape index (κ1) is 15.5. The molecule has 0 heterocycles. The molecule has 0 radical (unpaired) electrons. The maximum atomic E-state index is 10.6. The van der Waals surface area contributed by atoms with E-state index in [1.54, 1.807) is 0 Å². The summed E-state index contributed by atoms with van der Waals surface area (Å²) in [6.45, 7) is 10.8. The standard InChI is InChI=1S/C18H29NO/c1-10-11(2)13(4)16(14(5)12(10)3)17(19)18(20)15-8-6-7-9-15/h15,17-18,20H,6-9,19H2,1-5H3/t17-,18+/m0/s1. The molecule has 1 aromatic carbocycles. The third kappa shape index (κ3) is 2.51. The summed E-state index contributed by atoms with van der Waals surface area (Å²) >= 11 is 0.